The normalized spacial score (nSPS) is 13.9. The Hall–Kier alpha value is -1.79. The van der Waals surface area contributed by atoms with Crippen molar-refractivity contribution < 1.29 is 4.74 Å². The number of nitrogens with zero attached hydrogens (tertiary/aromatic N) is 3. The maximum atomic E-state index is 5.75. The van der Waals surface area contributed by atoms with Crippen LogP contribution in [0.25, 0.3) is 0 Å². The Balaban J connectivity index is 1.30. The first kappa shape index (κ1) is 16.7. The Morgan fingerprint density at radius 2 is 2.00 bits per heavy atom. The number of thiophene rings is 1. The highest BCUT2D eigenvalue weighted by Crippen LogP contribution is 2.39. The van der Waals surface area contributed by atoms with E-state index in [1.54, 1.807) is 23.1 Å². The summed E-state index contributed by atoms with van der Waals surface area (Å²) in [6, 6.07) is 14.9. The number of aromatic nitrogens is 3. The van der Waals surface area contributed by atoms with Gasteiger partial charge in [0.15, 0.2) is 5.16 Å². The lowest BCUT2D eigenvalue weighted by molar-refractivity contribution is 0.318. The van der Waals surface area contributed by atoms with Crippen molar-refractivity contribution in [2.45, 2.75) is 36.9 Å². The zero-order chi connectivity index (χ0) is 16.9. The standard InChI is InChI=1S/C19H21N3OS2/c1-2-6-16(7-3-1)23-11-5-13-25-19-21-20-18(22(19)15-9-10-15)14-17-8-4-12-24-17/h1-4,6-8,12,15H,5,9-11,13-14H2. The summed E-state index contributed by atoms with van der Waals surface area (Å²) >= 11 is 3.58. The summed E-state index contributed by atoms with van der Waals surface area (Å²) < 4.78 is 8.12. The first-order valence-electron chi connectivity index (χ1n) is 8.67. The van der Waals surface area contributed by atoms with Crippen molar-refractivity contribution in [2.75, 3.05) is 12.4 Å². The van der Waals surface area contributed by atoms with Crippen LogP contribution >= 0.6 is 23.1 Å². The molecule has 0 bridgehead atoms. The van der Waals surface area contributed by atoms with Crippen molar-refractivity contribution >= 4 is 23.1 Å². The van der Waals surface area contributed by atoms with Crippen LogP contribution in [0.5, 0.6) is 5.75 Å². The molecule has 25 heavy (non-hydrogen) atoms. The third-order valence-electron chi connectivity index (χ3n) is 4.09. The summed E-state index contributed by atoms with van der Waals surface area (Å²) in [6.07, 6.45) is 4.39. The highest BCUT2D eigenvalue weighted by Gasteiger charge is 2.29. The van der Waals surface area contributed by atoms with E-state index in [4.69, 9.17) is 4.74 Å². The molecule has 1 saturated carbocycles. The minimum absolute atomic E-state index is 0.605. The molecule has 4 rings (SSSR count). The van der Waals surface area contributed by atoms with Crippen LogP contribution in [0.15, 0.2) is 53.0 Å². The van der Waals surface area contributed by atoms with Crippen LogP contribution in [0.3, 0.4) is 0 Å². The highest BCUT2D eigenvalue weighted by atomic mass is 32.2. The molecule has 4 nitrogen and oxygen atoms in total. The van der Waals surface area contributed by atoms with Crippen LogP contribution in [0, 0.1) is 0 Å². The number of benzene rings is 1. The second-order valence-corrected chi connectivity index (χ2v) is 8.21. The van der Waals surface area contributed by atoms with Gasteiger partial charge in [-0.15, -0.1) is 21.5 Å². The van der Waals surface area contributed by atoms with Gasteiger partial charge in [-0.1, -0.05) is 36.0 Å². The molecule has 0 amide bonds. The quantitative estimate of drug-likeness (QED) is 0.399. The lowest BCUT2D eigenvalue weighted by Gasteiger charge is -2.08. The lowest BCUT2D eigenvalue weighted by atomic mass is 10.3. The van der Waals surface area contributed by atoms with Crippen LogP contribution < -0.4 is 4.74 Å². The molecular weight excluding hydrogens is 350 g/mol. The van der Waals surface area contributed by atoms with Gasteiger partial charge in [0, 0.05) is 23.1 Å². The molecule has 1 aliphatic rings. The molecule has 1 aliphatic carbocycles. The van der Waals surface area contributed by atoms with E-state index in [1.807, 2.05) is 30.3 Å². The number of para-hydroxylation sites is 1. The zero-order valence-corrected chi connectivity index (χ0v) is 15.6. The fourth-order valence-corrected chi connectivity index (χ4v) is 4.36. The molecule has 0 unspecified atom stereocenters. The monoisotopic (exact) mass is 371 g/mol. The molecule has 0 radical (unpaired) electrons. The third-order valence-corrected chi connectivity index (χ3v) is 6.00. The van der Waals surface area contributed by atoms with E-state index in [-0.39, 0.29) is 0 Å². The molecule has 0 N–H and O–H groups in total. The minimum atomic E-state index is 0.605. The predicted molar refractivity (Wildman–Crippen MR) is 103 cm³/mol. The number of hydrogen-bond donors (Lipinski definition) is 0. The van der Waals surface area contributed by atoms with Crippen molar-refractivity contribution in [3.63, 3.8) is 0 Å². The Morgan fingerprint density at radius 3 is 2.76 bits per heavy atom. The molecule has 6 heteroatoms. The van der Waals surface area contributed by atoms with E-state index < -0.39 is 0 Å². The Labute approximate surface area is 156 Å². The molecule has 0 spiro atoms. The van der Waals surface area contributed by atoms with E-state index in [2.05, 4.69) is 32.3 Å². The van der Waals surface area contributed by atoms with Crippen molar-refractivity contribution in [1.29, 1.82) is 0 Å². The molecule has 0 saturated heterocycles. The van der Waals surface area contributed by atoms with E-state index in [0.29, 0.717) is 6.04 Å². The average Bonchev–Trinajstić information content (AvgIpc) is 3.19. The predicted octanol–water partition coefficient (Wildman–Crippen LogP) is 4.83. The minimum Gasteiger partial charge on any atom is -0.494 e. The Bertz CT molecular complexity index is 782. The third kappa shape index (κ3) is 4.44. The molecule has 0 atom stereocenters. The molecule has 2 heterocycles. The topological polar surface area (TPSA) is 39.9 Å². The second kappa shape index (κ2) is 8.06. The summed E-state index contributed by atoms with van der Waals surface area (Å²) in [7, 11) is 0. The zero-order valence-electron chi connectivity index (χ0n) is 14.0. The van der Waals surface area contributed by atoms with Gasteiger partial charge in [0.05, 0.1) is 6.61 Å². The van der Waals surface area contributed by atoms with E-state index in [1.165, 1.54) is 17.7 Å². The van der Waals surface area contributed by atoms with Gasteiger partial charge in [-0.05, 0) is 42.8 Å². The molecule has 130 valence electrons. The Morgan fingerprint density at radius 1 is 1.12 bits per heavy atom. The number of ether oxygens (including phenoxy) is 1. The van der Waals surface area contributed by atoms with Crippen LogP contribution in [-0.4, -0.2) is 27.1 Å². The molecule has 0 aliphatic heterocycles. The van der Waals surface area contributed by atoms with Crippen LogP contribution in [0.1, 0.15) is 36.0 Å². The summed E-state index contributed by atoms with van der Waals surface area (Å²) in [5, 5.41) is 12.1. The highest BCUT2D eigenvalue weighted by molar-refractivity contribution is 7.99. The van der Waals surface area contributed by atoms with Gasteiger partial charge < -0.3 is 9.30 Å². The SMILES string of the molecule is c1ccc(OCCCSc2nnc(Cc3cccs3)n2C2CC2)cc1. The van der Waals surface area contributed by atoms with E-state index in [0.717, 1.165) is 41.9 Å². The van der Waals surface area contributed by atoms with Crippen LogP contribution in [-0.2, 0) is 6.42 Å². The summed E-state index contributed by atoms with van der Waals surface area (Å²) in [5.41, 5.74) is 0. The molecule has 1 fully saturated rings. The van der Waals surface area contributed by atoms with E-state index >= 15 is 0 Å². The van der Waals surface area contributed by atoms with Gasteiger partial charge >= 0.3 is 0 Å². The fraction of sp³-hybridized carbons (Fsp3) is 0.368. The van der Waals surface area contributed by atoms with Crippen LogP contribution in [0.2, 0.25) is 0 Å². The molecule has 1 aromatic carbocycles. The van der Waals surface area contributed by atoms with E-state index in [9.17, 15) is 0 Å². The summed E-state index contributed by atoms with van der Waals surface area (Å²) in [6.45, 7) is 0.733. The van der Waals surface area contributed by atoms with Crippen molar-refractivity contribution in [2.24, 2.45) is 0 Å². The fourth-order valence-electron chi connectivity index (χ4n) is 2.72. The summed E-state index contributed by atoms with van der Waals surface area (Å²) in [4.78, 5) is 1.35. The Kier molecular flexibility index (Phi) is 5.37. The second-order valence-electron chi connectivity index (χ2n) is 6.12. The summed E-state index contributed by atoms with van der Waals surface area (Å²) in [5.74, 6) is 3.04. The van der Waals surface area contributed by atoms with Gasteiger partial charge in [0.2, 0.25) is 0 Å². The number of hydrogen-bond acceptors (Lipinski definition) is 5. The number of thioether (sulfide) groups is 1. The molecule has 3 aromatic rings. The lowest BCUT2D eigenvalue weighted by Crippen LogP contribution is -2.04. The molecule has 2 aromatic heterocycles. The maximum absolute atomic E-state index is 5.75. The van der Waals surface area contributed by atoms with Gasteiger partial charge in [0.25, 0.3) is 0 Å². The number of rotatable bonds is 9. The van der Waals surface area contributed by atoms with Gasteiger partial charge in [-0.25, -0.2) is 0 Å². The van der Waals surface area contributed by atoms with Crippen molar-refractivity contribution in [3.05, 3.63) is 58.5 Å². The van der Waals surface area contributed by atoms with Gasteiger partial charge in [0.1, 0.15) is 11.6 Å². The smallest absolute Gasteiger partial charge is 0.191 e. The first-order valence-corrected chi connectivity index (χ1v) is 10.5. The van der Waals surface area contributed by atoms with Crippen LogP contribution in [0.4, 0.5) is 0 Å². The van der Waals surface area contributed by atoms with Crippen molar-refractivity contribution in [3.8, 4) is 5.75 Å². The average molecular weight is 372 g/mol. The first-order chi connectivity index (χ1) is 12.4. The van der Waals surface area contributed by atoms with Crippen molar-refractivity contribution in [1.82, 2.24) is 14.8 Å². The van der Waals surface area contributed by atoms with Gasteiger partial charge in [-0.3, -0.25) is 0 Å². The van der Waals surface area contributed by atoms with Gasteiger partial charge in [-0.2, -0.15) is 0 Å². The maximum Gasteiger partial charge on any atom is 0.191 e. The molecular formula is C19H21N3OS2. The largest absolute Gasteiger partial charge is 0.494 e.